The molecule has 254 valence electrons. The van der Waals surface area contributed by atoms with Crippen LogP contribution in [-0.2, 0) is 28.4 Å². The Bertz CT molecular complexity index is 1400. The van der Waals surface area contributed by atoms with Gasteiger partial charge in [0.15, 0.2) is 0 Å². The van der Waals surface area contributed by atoms with Crippen molar-refractivity contribution in [3.63, 3.8) is 0 Å². The van der Waals surface area contributed by atoms with Gasteiger partial charge in [-0.25, -0.2) is 12.1 Å². The van der Waals surface area contributed by atoms with E-state index in [1.807, 2.05) is 30.3 Å². The summed E-state index contributed by atoms with van der Waals surface area (Å²) in [6.45, 7) is 17.1. The van der Waals surface area contributed by atoms with Crippen molar-refractivity contribution in [2.75, 3.05) is 13.1 Å². The van der Waals surface area contributed by atoms with Crippen LogP contribution < -0.4 is 10.6 Å². The molecule has 2 fully saturated rings. The Kier molecular flexibility index (Phi) is 13.8. The van der Waals surface area contributed by atoms with Crippen LogP contribution in [0.1, 0.15) is 91.2 Å². The van der Waals surface area contributed by atoms with Crippen LogP contribution in [0.2, 0.25) is 0 Å². The minimum absolute atomic E-state index is 0. The Labute approximate surface area is 300 Å². The van der Waals surface area contributed by atoms with Crippen molar-refractivity contribution < 1.29 is 17.1 Å². The monoisotopic (exact) mass is 708 g/mol. The molecule has 0 radical (unpaired) electrons. The van der Waals surface area contributed by atoms with Crippen LogP contribution in [0.5, 0.6) is 0 Å². The molecule has 2 aliphatic heterocycles. The second kappa shape index (κ2) is 16.9. The van der Waals surface area contributed by atoms with Crippen molar-refractivity contribution >= 4 is 17.2 Å². The summed E-state index contributed by atoms with van der Waals surface area (Å²) < 4.78 is 0. The maximum Gasteiger partial charge on any atom is 2.00 e. The van der Waals surface area contributed by atoms with E-state index in [4.69, 9.17) is 0 Å². The Morgan fingerprint density at radius 2 is 1.26 bits per heavy atom. The summed E-state index contributed by atoms with van der Waals surface area (Å²) in [5.74, 6) is 0. The van der Waals surface area contributed by atoms with Crippen molar-refractivity contribution in [2.24, 2.45) is 0 Å². The molecule has 0 spiro atoms. The zero-order valence-corrected chi connectivity index (χ0v) is 32.8. The molecule has 3 atom stereocenters. The Balaban J connectivity index is 0.000000762. The zero-order chi connectivity index (χ0) is 32.8. The van der Waals surface area contributed by atoms with Gasteiger partial charge in [0, 0.05) is 17.2 Å². The first-order chi connectivity index (χ1) is 22.0. The van der Waals surface area contributed by atoms with E-state index < -0.39 is 0 Å². The molecule has 0 saturated carbocycles. The van der Waals surface area contributed by atoms with Gasteiger partial charge < -0.3 is 10.6 Å². The fraction of sp³-hybridized carbons (Fsp3) is 0.476. The van der Waals surface area contributed by atoms with Crippen molar-refractivity contribution in [3.05, 3.63) is 108 Å². The summed E-state index contributed by atoms with van der Waals surface area (Å²) in [5.41, 5.74) is 8.71. The van der Waals surface area contributed by atoms with Crippen molar-refractivity contribution in [3.8, 4) is 22.3 Å². The van der Waals surface area contributed by atoms with E-state index in [2.05, 4.69) is 128 Å². The van der Waals surface area contributed by atoms with E-state index in [1.165, 1.54) is 60.8 Å². The summed E-state index contributed by atoms with van der Waals surface area (Å²) in [7, 11) is 3.19. The standard InChI is InChI=1S/C37H53N2P2.C5H5.Fe/c1-35(2,3)41(36(4,5)6)26-30-31(37(40,32-21-13-15-23-38-32)33-22-14-16-24-39-33)25-29(27-17-9-7-10-18-27)34(30)28-19-11-8-12-20-28;1-2-4-5-3-1;/h7-12,17-20,25,32-33,38-39H,13-16,21-24,26,40H2,1-6H3;1-5H;/q2*-1;+2. The van der Waals surface area contributed by atoms with E-state index >= 15 is 0 Å². The van der Waals surface area contributed by atoms with Crippen LogP contribution in [-0.4, -0.2) is 35.5 Å². The molecule has 0 bridgehead atoms. The number of nitrogens with one attached hydrogen (secondary N) is 2. The molecule has 0 amide bonds. The fourth-order valence-electron chi connectivity index (χ4n) is 8.03. The molecular weight excluding hydrogens is 650 g/mol. The number of hydrogen-bond acceptors (Lipinski definition) is 2. The molecule has 47 heavy (non-hydrogen) atoms. The number of benzene rings is 2. The van der Waals surface area contributed by atoms with Gasteiger partial charge in [0.2, 0.25) is 0 Å². The van der Waals surface area contributed by atoms with Gasteiger partial charge in [0.1, 0.15) is 0 Å². The first-order valence-corrected chi connectivity index (χ1v) is 19.8. The average Bonchev–Trinajstić information content (AvgIpc) is 3.77. The van der Waals surface area contributed by atoms with Crippen LogP contribution in [0.15, 0.2) is 97.1 Å². The van der Waals surface area contributed by atoms with Crippen molar-refractivity contribution in [2.45, 2.75) is 114 Å². The smallest absolute Gasteiger partial charge is 0.313 e. The third-order valence-corrected chi connectivity index (χ3v) is 15.1. The molecule has 2 N–H and O–H groups in total. The molecule has 4 aromatic rings. The second-order valence-corrected chi connectivity index (χ2v) is 20.2. The van der Waals surface area contributed by atoms with Crippen LogP contribution >= 0.6 is 17.2 Å². The first kappa shape index (κ1) is 38.2. The third-order valence-electron chi connectivity index (χ3n) is 10.1. The molecule has 2 nitrogen and oxygen atoms in total. The Morgan fingerprint density at radius 1 is 0.745 bits per heavy atom. The fourth-order valence-corrected chi connectivity index (χ4v) is 12.5. The first-order valence-electron chi connectivity index (χ1n) is 17.6. The SMILES string of the molecule is CC(C)(C)P(Cc1c(C(P)(C2CCCCN2)C2CCCCN2)cc(-c2ccccc2)[c-]1-c1ccccc1)C(C)(C)C.[Fe+2].c1cc[cH-]c1. The van der Waals surface area contributed by atoms with Gasteiger partial charge in [-0.1, -0.05) is 133 Å². The minimum Gasteiger partial charge on any atom is -0.313 e. The van der Waals surface area contributed by atoms with Gasteiger partial charge in [-0.15, -0.1) is 38.6 Å². The Morgan fingerprint density at radius 3 is 1.68 bits per heavy atom. The molecule has 0 aromatic heterocycles. The quantitative estimate of drug-likeness (QED) is 0.113. The normalized spacial score (nSPS) is 20.1. The summed E-state index contributed by atoms with van der Waals surface area (Å²) in [5, 5.41) is 8.53. The molecule has 2 saturated heterocycles. The maximum absolute atomic E-state index is 4.05. The van der Waals surface area contributed by atoms with Gasteiger partial charge in [0.05, 0.1) is 0 Å². The van der Waals surface area contributed by atoms with Crippen molar-refractivity contribution in [1.82, 2.24) is 10.6 Å². The predicted molar refractivity (Wildman–Crippen MR) is 208 cm³/mol. The van der Waals surface area contributed by atoms with Crippen LogP contribution in [0, 0.1) is 0 Å². The predicted octanol–water partition coefficient (Wildman–Crippen LogP) is 11.1. The maximum atomic E-state index is 4.05. The van der Waals surface area contributed by atoms with E-state index in [-0.39, 0.29) is 40.5 Å². The molecule has 4 aromatic carbocycles. The van der Waals surface area contributed by atoms with Crippen LogP contribution in [0.4, 0.5) is 0 Å². The van der Waals surface area contributed by atoms with Crippen molar-refractivity contribution in [1.29, 1.82) is 0 Å². The van der Waals surface area contributed by atoms with Gasteiger partial charge in [-0.05, 0) is 55.2 Å². The molecule has 3 unspecified atom stereocenters. The third kappa shape index (κ3) is 9.17. The summed E-state index contributed by atoms with van der Waals surface area (Å²) in [4.78, 5) is 0. The zero-order valence-electron chi connectivity index (χ0n) is 29.6. The topological polar surface area (TPSA) is 24.1 Å². The Hall–Kier alpha value is -1.56. The molecule has 2 aliphatic rings. The van der Waals surface area contributed by atoms with E-state index in [1.54, 1.807) is 11.1 Å². The second-order valence-electron chi connectivity index (χ2n) is 15.4. The molecule has 2 heterocycles. The molecule has 5 heteroatoms. The summed E-state index contributed by atoms with van der Waals surface area (Å²) in [6, 6.07) is 36.0. The van der Waals surface area contributed by atoms with Crippen LogP contribution in [0.3, 0.4) is 0 Å². The summed E-state index contributed by atoms with van der Waals surface area (Å²) in [6.07, 6.45) is 8.81. The van der Waals surface area contributed by atoms with E-state index in [9.17, 15) is 0 Å². The number of rotatable bonds is 7. The van der Waals surface area contributed by atoms with Gasteiger partial charge in [-0.3, -0.25) is 0 Å². The van der Waals surface area contributed by atoms with Gasteiger partial charge >= 0.3 is 17.1 Å². The summed E-state index contributed by atoms with van der Waals surface area (Å²) >= 11 is 0. The average molecular weight is 709 g/mol. The van der Waals surface area contributed by atoms with Gasteiger partial charge in [-0.2, -0.15) is 18.2 Å². The van der Waals surface area contributed by atoms with E-state index in [0.717, 1.165) is 19.3 Å². The van der Waals surface area contributed by atoms with Crippen LogP contribution in [0.25, 0.3) is 22.3 Å². The molecule has 0 aliphatic carbocycles. The minimum atomic E-state index is -0.329. The molecular formula is C42H58FeN2P2. The molecule has 6 rings (SSSR count). The number of piperidine rings is 2. The van der Waals surface area contributed by atoms with E-state index in [0.29, 0.717) is 12.1 Å². The largest absolute Gasteiger partial charge is 2.00 e. The number of hydrogen-bond donors (Lipinski definition) is 2. The van der Waals surface area contributed by atoms with Gasteiger partial charge in [0.25, 0.3) is 0 Å².